The standard InChI is InChI=1S/C20H21NO5/c1-3-24-14(2)25-18-17(15-10-6-4-7-11-15)21(19(18)22)20(23)26-16-12-8-5-9-13-16/h4-14,17-18H,3H2,1-2H3/t14?,17-,18+/m0/s1. The summed E-state index contributed by atoms with van der Waals surface area (Å²) in [5.74, 6) is -0.0597. The van der Waals surface area contributed by atoms with Crippen LogP contribution in [0.15, 0.2) is 60.7 Å². The summed E-state index contributed by atoms with van der Waals surface area (Å²) in [5.41, 5.74) is 0.797. The molecule has 1 heterocycles. The Morgan fingerprint density at radius 1 is 1.08 bits per heavy atom. The molecular formula is C20H21NO5. The van der Waals surface area contributed by atoms with E-state index in [1.807, 2.05) is 43.3 Å². The lowest BCUT2D eigenvalue weighted by atomic mass is 9.91. The minimum atomic E-state index is -0.790. The van der Waals surface area contributed by atoms with Crippen LogP contribution in [0.5, 0.6) is 5.75 Å². The molecule has 0 saturated carbocycles. The van der Waals surface area contributed by atoms with Crippen LogP contribution in [0.1, 0.15) is 25.5 Å². The third-order valence-electron chi connectivity index (χ3n) is 4.07. The first-order valence-electron chi connectivity index (χ1n) is 8.53. The average Bonchev–Trinajstić information content (AvgIpc) is 2.65. The van der Waals surface area contributed by atoms with Crippen LogP contribution in [0, 0.1) is 0 Å². The predicted molar refractivity (Wildman–Crippen MR) is 94.5 cm³/mol. The highest BCUT2D eigenvalue weighted by atomic mass is 16.7. The number of carbonyl (C=O) groups is 2. The minimum absolute atomic E-state index is 0.379. The van der Waals surface area contributed by atoms with E-state index in [0.717, 1.165) is 10.5 Å². The van der Waals surface area contributed by atoms with Crippen LogP contribution in [-0.4, -0.2) is 35.9 Å². The molecule has 6 heteroatoms. The Kier molecular flexibility index (Phi) is 5.65. The summed E-state index contributed by atoms with van der Waals surface area (Å²) in [6.45, 7) is 4.04. The molecule has 1 fully saturated rings. The molecule has 3 atom stereocenters. The Morgan fingerprint density at radius 2 is 1.69 bits per heavy atom. The van der Waals surface area contributed by atoms with Crippen molar-refractivity contribution < 1.29 is 23.8 Å². The van der Waals surface area contributed by atoms with E-state index >= 15 is 0 Å². The van der Waals surface area contributed by atoms with Gasteiger partial charge in [0.15, 0.2) is 12.4 Å². The summed E-state index contributed by atoms with van der Waals surface area (Å²) >= 11 is 0. The molecule has 0 spiro atoms. The first kappa shape index (κ1) is 18.1. The summed E-state index contributed by atoms with van der Waals surface area (Å²) in [4.78, 5) is 26.2. The highest BCUT2D eigenvalue weighted by Gasteiger charge is 2.54. The van der Waals surface area contributed by atoms with E-state index in [-0.39, 0.29) is 0 Å². The smallest absolute Gasteiger partial charge is 0.410 e. The number of para-hydroxylation sites is 1. The van der Waals surface area contributed by atoms with E-state index < -0.39 is 30.4 Å². The van der Waals surface area contributed by atoms with Gasteiger partial charge in [0.05, 0.1) is 0 Å². The normalized spacial score (nSPS) is 20.4. The zero-order valence-electron chi connectivity index (χ0n) is 14.7. The van der Waals surface area contributed by atoms with Crippen LogP contribution in [0.25, 0.3) is 0 Å². The second-order valence-electron chi connectivity index (χ2n) is 5.82. The number of nitrogens with zero attached hydrogens (tertiary/aromatic N) is 1. The quantitative estimate of drug-likeness (QED) is 0.586. The Hall–Kier alpha value is -2.70. The first-order valence-corrected chi connectivity index (χ1v) is 8.53. The molecule has 1 saturated heterocycles. The van der Waals surface area contributed by atoms with Crippen LogP contribution in [-0.2, 0) is 14.3 Å². The second kappa shape index (κ2) is 8.12. The number of carbonyl (C=O) groups excluding carboxylic acids is 2. The molecule has 0 radical (unpaired) electrons. The lowest BCUT2D eigenvalue weighted by Crippen LogP contribution is -2.63. The number of amides is 2. The van der Waals surface area contributed by atoms with Gasteiger partial charge in [-0.1, -0.05) is 48.5 Å². The van der Waals surface area contributed by atoms with E-state index in [0.29, 0.717) is 12.4 Å². The topological polar surface area (TPSA) is 65.1 Å². The predicted octanol–water partition coefficient (Wildman–Crippen LogP) is 3.54. The molecule has 2 aromatic carbocycles. The van der Waals surface area contributed by atoms with Crippen molar-refractivity contribution in [3.05, 3.63) is 66.2 Å². The van der Waals surface area contributed by atoms with Crippen molar-refractivity contribution in [1.29, 1.82) is 0 Å². The maximum Gasteiger partial charge on any atom is 0.422 e. The van der Waals surface area contributed by atoms with Crippen LogP contribution >= 0.6 is 0 Å². The summed E-state index contributed by atoms with van der Waals surface area (Å²) < 4.78 is 16.4. The number of likely N-dealkylation sites (tertiary alicyclic amines) is 1. The van der Waals surface area contributed by atoms with Gasteiger partial charge >= 0.3 is 6.09 Å². The summed E-state index contributed by atoms with van der Waals surface area (Å²) in [5, 5.41) is 0. The van der Waals surface area contributed by atoms with Gasteiger partial charge in [-0.05, 0) is 31.5 Å². The maximum atomic E-state index is 12.6. The van der Waals surface area contributed by atoms with Crippen LogP contribution in [0.4, 0.5) is 4.79 Å². The molecular weight excluding hydrogens is 334 g/mol. The fourth-order valence-electron chi connectivity index (χ4n) is 2.89. The van der Waals surface area contributed by atoms with E-state index in [1.165, 1.54) is 0 Å². The van der Waals surface area contributed by atoms with Crippen molar-refractivity contribution in [2.75, 3.05) is 6.61 Å². The summed E-state index contributed by atoms with van der Waals surface area (Å²) in [7, 11) is 0. The van der Waals surface area contributed by atoms with Crippen LogP contribution in [0.3, 0.4) is 0 Å². The molecule has 3 rings (SSSR count). The molecule has 0 bridgehead atoms. The Labute approximate surface area is 152 Å². The zero-order valence-corrected chi connectivity index (χ0v) is 14.7. The van der Waals surface area contributed by atoms with Gasteiger partial charge in [0.2, 0.25) is 0 Å². The van der Waals surface area contributed by atoms with E-state index in [1.54, 1.807) is 31.2 Å². The van der Waals surface area contributed by atoms with Crippen molar-refractivity contribution in [2.45, 2.75) is 32.3 Å². The number of rotatable bonds is 6. The number of ether oxygens (including phenoxy) is 3. The van der Waals surface area contributed by atoms with E-state index in [9.17, 15) is 9.59 Å². The first-order chi connectivity index (χ1) is 12.6. The molecule has 136 valence electrons. The molecule has 0 aromatic heterocycles. The molecule has 1 unspecified atom stereocenters. The second-order valence-corrected chi connectivity index (χ2v) is 5.82. The summed E-state index contributed by atoms with van der Waals surface area (Å²) in [6.07, 6.45) is -2.06. The Morgan fingerprint density at radius 3 is 2.31 bits per heavy atom. The molecule has 0 aliphatic carbocycles. The third kappa shape index (κ3) is 3.76. The van der Waals surface area contributed by atoms with Gasteiger partial charge in [-0.25, -0.2) is 9.69 Å². The number of imide groups is 1. The highest BCUT2D eigenvalue weighted by Crippen LogP contribution is 2.38. The molecule has 1 aliphatic rings. The van der Waals surface area contributed by atoms with Gasteiger partial charge in [-0.3, -0.25) is 4.79 Å². The molecule has 1 aliphatic heterocycles. The van der Waals surface area contributed by atoms with Crippen molar-refractivity contribution in [3.63, 3.8) is 0 Å². The van der Waals surface area contributed by atoms with Crippen molar-refractivity contribution in [3.8, 4) is 5.75 Å². The van der Waals surface area contributed by atoms with Gasteiger partial charge in [-0.2, -0.15) is 0 Å². The lowest BCUT2D eigenvalue weighted by molar-refractivity contribution is -0.209. The van der Waals surface area contributed by atoms with E-state index in [4.69, 9.17) is 14.2 Å². The third-order valence-corrected chi connectivity index (χ3v) is 4.07. The number of hydrogen-bond acceptors (Lipinski definition) is 5. The zero-order chi connectivity index (χ0) is 18.5. The highest BCUT2D eigenvalue weighted by molar-refractivity contribution is 6.01. The largest absolute Gasteiger partial charge is 0.422 e. The molecule has 6 nitrogen and oxygen atoms in total. The minimum Gasteiger partial charge on any atom is -0.410 e. The van der Waals surface area contributed by atoms with Gasteiger partial charge in [-0.15, -0.1) is 0 Å². The van der Waals surface area contributed by atoms with E-state index in [2.05, 4.69) is 0 Å². The fraction of sp³-hybridized carbons (Fsp3) is 0.300. The lowest BCUT2D eigenvalue weighted by Gasteiger charge is -2.45. The number of benzene rings is 2. The molecule has 2 amide bonds. The molecule has 2 aromatic rings. The van der Waals surface area contributed by atoms with Crippen LogP contribution < -0.4 is 4.74 Å². The Balaban J connectivity index is 1.79. The van der Waals surface area contributed by atoms with Gasteiger partial charge in [0.1, 0.15) is 11.8 Å². The molecule has 26 heavy (non-hydrogen) atoms. The monoisotopic (exact) mass is 355 g/mol. The van der Waals surface area contributed by atoms with Crippen molar-refractivity contribution >= 4 is 12.0 Å². The average molecular weight is 355 g/mol. The van der Waals surface area contributed by atoms with Crippen molar-refractivity contribution in [2.24, 2.45) is 0 Å². The summed E-state index contributed by atoms with van der Waals surface area (Å²) in [6, 6.07) is 17.4. The van der Waals surface area contributed by atoms with Gasteiger partial charge in [0.25, 0.3) is 5.91 Å². The van der Waals surface area contributed by atoms with Gasteiger partial charge in [0, 0.05) is 6.61 Å². The van der Waals surface area contributed by atoms with Crippen molar-refractivity contribution in [1.82, 2.24) is 4.90 Å². The van der Waals surface area contributed by atoms with Crippen LogP contribution in [0.2, 0.25) is 0 Å². The number of hydrogen-bond donors (Lipinski definition) is 0. The number of β-lactam (4-membered cyclic amide) rings is 1. The van der Waals surface area contributed by atoms with Gasteiger partial charge < -0.3 is 14.2 Å². The molecule has 0 N–H and O–H groups in total. The maximum absolute atomic E-state index is 12.6. The fourth-order valence-corrected chi connectivity index (χ4v) is 2.89. The Bertz CT molecular complexity index is 749. The SMILES string of the molecule is CCOC(C)O[C@H]1C(=O)N(C(=O)Oc2ccccc2)[C@H]1c1ccccc1.